The van der Waals surface area contributed by atoms with Gasteiger partial charge < -0.3 is 34.5 Å². The van der Waals surface area contributed by atoms with Crippen LogP contribution >= 0.6 is 0 Å². The number of rotatable bonds is 5. The van der Waals surface area contributed by atoms with E-state index < -0.39 is 110 Å². The Morgan fingerprint density at radius 1 is 1.18 bits per heavy atom. The van der Waals surface area contributed by atoms with E-state index in [0.29, 0.717) is 0 Å². The summed E-state index contributed by atoms with van der Waals surface area (Å²) in [6.07, 6.45) is -2.53. The summed E-state index contributed by atoms with van der Waals surface area (Å²) < 4.78 is 184. The first-order chi connectivity index (χ1) is 23.9. The van der Waals surface area contributed by atoms with Crippen molar-refractivity contribution < 1.29 is 51.2 Å². The molecule has 0 bridgehead atoms. The van der Waals surface area contributed by atoms with Crippen molar-refractivity contribution >= 4 is 28.6 Å². The number of benzene rings is 2. The standard InChI is InChI=1S/C23H25N5O5/c1-30-18-11-14-15(12-19(18)31-2)25-23(26-21(14)24)28-9-7-27(8-10-28)22(29)20-13-32-16-5-3-4-6-17(16)33-20/h3-6,11-12,20H,7-10,13H2,1-2H3,(H2,24,25,26)/i1D3,2D3,7D2,8D2,9D2,10D2,11D,12D,13D2/hD2. The average Bonchev–Trinajstić information content (AvgIpc) is 2.98. The van der Waals surface area contributed by atoms with Gasteiger partial charge in [0.25, 0.3) is 5.91 Å². The summed E-state index contributed by atoms with van der Waals surface area (Å²) in [6.45, 7) is -19.2. The number of methoxy groups -OCH3 is 2. The van der Waals surface area contributed by atoms with Gasteiger partial charge in [-0.25, -0.2) is 4.98 Å². The summed E-state index contributed by atoms with van der Waals surface area (Å²) in [5.74, 6) is -7.42. The Bertz CT molecular complexity index is 1940. The zero-order valence-corrected chi connectivity index (χ0v) is 16.2. The number of amides is 1. The minimum absolute atomic E-state index is 0.195. The van der Waals surface area contributed by atoms with Crippen molar-refractivity contribution in [2.24, 2.45) is 0 Å². The number of anilines is 2. The van der Waals surface area contributed by atoms with E-state index in [1.165, 1.54) is 24.3 Å². The van der Waals surface area contributed by atoms with Crippen molar-refractivity contribution in [1.29, 1.82) is 0 Å². The van der Waals surface area contributed by atoms with E-state index in [4.69, 9.17) is 46.4 Å². The number of carbonyl (C=O) groups excluding carboxylic acids is 1. The van der Waals surface area contributed by atoms with Crippen molar-refractivity contribution in [3.05, 3.63) is 36.4 Å². The number of hydrogen-bond donors (Lipinski definition) is 1. The zero-order chi connectivity index (χ0) is 40.2. The summed E-state index contributed by atoms with van der Waals surface area (Å²) in [7, 11) is -6.84. The van der Waals surface area contributed by atoms with Crippen molar-refractivity contribution in [3.63, 3.8) is 0 Å². The first-order valence-electron chi connectivity index (χ1n) is 18.9. The third-order valence-electron chi connectivity index (χ3n) is 4.32. The molecule has 5 rings (SSSR count). The number of para-hydroxylation sites is 2. The number of fused-ring (bicyclic) bond motifs is 2. The Labute approximate surface area is 219 Å². The lowest BCUT2D eigenvalue weighted by atomic mass is 10.2. The Morgan fingerprint density at radius 3 is 2.70 bits per heavy atom. The third-order valence-corrected chi connectivity index (χ3v) is 4.32. The van der Waals surface area contributed by atoms with Gasteiger partial charge in [-0.2, -0.15) is 4.98 Å². The van der Waals surface area contributed by atoms with Gasteiger partial charge in [0.15, 0.2) is 25.8 Å². The van der Waals surface area contributed by atoms with Crippen LogP contribution in [0.5, 0.6) is 23.0 Å². The van der Waals surface area contributed by atoms with Crippen LogP contribution in [0.3, 0.4) is 0 Å². The van der Waals surface area contributed by atoms with E-state index in [1.54, 1.807) is 0 Å². The van der Waals surface area contributed by atoms with Crippen LogP contribution in [-0.4, -0.2) is 73.5 Å². The average molecular weight is 472 g/mol. The highest BCUT2D eigenvalue weighted by atomic mass is 16.6. The van der Waals surface area contributed by atoms with E-state index in [1.807, 2.05) is 0 Å². The van der Waals surface area contributed by atoms with Gasteiger partial charge in [0.05, 0.1) is 44.3 Å². The third kappa shape index (κ3) is 3.88. The lowest BCUT2D eigenvalue weighted by Crippen LogP contribution is -2.54. The topological polar surface area (TPSA) is 112 Å². The van der Waals surface area contributed by atoms with Crippen molar-refractivity contribution in [3.8, 4) is 23.0 Å². The van der Waals surface area contributed by atoms with E-state index >= 15 is 0 Å². The maximum atomic E-state index is 13.9. The molecular weight excluding hydrogens is 426 g/mol. The second-order valence-corrected chi connectivity index (χ2v) is 6.30. The molecule has 2 aliphatic heterocycles. The van der Waals surface area contributed by atoms with Gasteiger partial charge in [-0.3, -0.25) is 4.79 Å². The molecule has 0 radical (unpaired) electrons. The molecule has 3 heterocycles. The highest BCUT2D eigenvalue weighted by Gasteiger charge is 2.33. The van der Waals surface area contributed by atoms with Gasteiger partial charge in [-0.1, -0.05) is 12.1 Å². The lowest BCUT2D eigenvalue weighted by molar-refractivity contribution is -0.141. The van der Waals surface area contributed by atoms with Crippen molar-refractivity contribution in [1.82, 2.24) is 14.9 Å². The number of hydrogen-bond acceptors (Lipinski definition) is 9. The molecule has 33 heavy (non-hydrogen) atoms. The molecule has 0 spiro atoms. The number of ether oxygens (including phenoxy) is 4. The molecule has 1 aromatic heterocycles. The maximum Gasteiger partial charge on any atom is 0.267 e. The van der Waals surface area contributed by atoms with Crippen LogP contribution in [0.2, 0.25) is 2.82 Å². The van der Waals surface area contributed by atoms with Crippen molar-refractivity contribution in [2.45, 2.75) is 6.10 Å². The molecule has 1 fully saturated rings. The Kier molecular flexibility index (Phi) is 2.10. The van der Waals surface area contributed by atoms with E-state index in [-0.39, 0.29) is 22.1 Å². The quantitative estimate of drug-likeness (QED) is 0.594. The van der Waals surface area contributed by atoms with E-state index in [0.717, 1.165) is 0 Å². The molecule has 10 heteroatoms. The predicted octanol–water partition coefficient (Wildman–Crippen LogP) is 1.72. The van der Waals surface area contributed by atoms with Gasteiger partial charge in [-0.05, 0) is 18.2 Å². The molecule has 2 aliphatic rings. The fraction of sp³-hybridized carbons (Fsp3) is 0.348. The molecule has 0 saturated carbocycles. The van der Waals surface area contributed by atoms with Crippen LogP contribution in [0.4, 0.5) is 11.8 Å². The fourth-order valence-electron chi connectivity index (χ4n) is 2.81. The van der Waals surface area contributed by atoms with Gasteiger partial charge in [0, 0.05) is 37.4 Å². The SMILES string of the molecule is [2H]c1c(OC([2H])([2H])[2H])c(OC([2H])([2H])[2H])c([2H])c2c(N([2H])[2H])nc(N3C([2H])([2H])C([2H])([2H])N(C(=O)C4Oc5ccccc5OC4([2H])[2H])C([2H])([2H])C3([2H])[2H])nc12. The van der Waals surface area contributed by atoms with Gasteiger partial charge in [0.2, 0.25) is 12.1 Å². The van der Waals surface area contributed by atoms with Crippen molar-refractivity contribution in [2.75, 3.05) is 57.2 Å². The number of nitrogens with zero attached hydrogens (tertiary/aromatic N) is 4. The molecule has 172 valence electrons. The smallest absolute Gasteiger partial charge is 0.267 e. The second-order valence-electron chi connectivity index (χ2n) is 6.30. The molecule has 1 atom stereocenters. The summed E-state index contributed by atoms with van der Waals surface area (Å²) in [6, 6.07) is 2.92. The van der Waals surface area contributed by atoms with Crippen LogP contribution in [-0.2, 0) is 4.79 Å². The monoisotopic (exact) mass is 471 g/mol. The minimum atomic E-state index is -4.02. The van der Waals surface area contributed by atoms with Crippen LogP contribution in [0, 0.1) is 0 Å². The number of nitrogens with two attached hydrogens (primary N) is 1. The fourth-order valence-corrected chi connectivity index (χ4v) is 2.81. The van der Waals surface area contributed by atoms with E-state index in [2.05, 4.69) is 9.97 Å². The summed E-state index contributed by atoms with van der Waals surface area (Å²) in [5, 5.41) is -0.890. The largest absolute Gasteiger partial charge is 0.493 e. The summed E-state index contributed by atoms with van der Waals surface area (Å²) in [4.78, 5) is 20.5. The van der Waals surface area contributed by atoms with Crippen LogP contribution in [0.15, 0.2) is 36.4 Å². The van der Waals surface area contributed by atoms with Gasteiger partial charge >= 0.3 is 0 Å². The molecule has 1 unspecified atom stereocenters. The molecule has 3 aromatic rings. The first kappa shape index (κ1) is 8.12. The van der Waals surface area contributed by atoms with Gasteiger partial charge in [0.1, 0.15) is 12.4 Å². The number of carbonyl (C=O) groups is 1. The summed E-state index contributed by atoms with van der Waals surface area (Å²) in [5.41, 5.74) is -1.41. The molecule has 1 saturated heterocycles. The first-order valence-corrected chi connectivity index (χ1v) is 8.98. The highest BCUT2D eigenvalue weighted by Crippen LogP contribution is 2.34. The predicted molar refractivity (Wildman–Crippen MR) is 122 cm³/mol. The van der Waals surface area contributed by atoms with Crippen LogP contribution in [0.25, 0.3) is 10.9 Å². The molecule has 10 nitrogen and oxygen atoms in total. The molecule has 2 aromatic carbocycles. The second kappa shape index (κ2) is 8.53. The maximum absolute atomic E-state index is 13.9. The number of aromatic nitrogens is 2. The Balaban J connectivity index is 1.75. The Hall–Kier alpha value is -3.95. The molecule has 2 N–H and O–H groups in total. The molecule has 1 amide bonds. The Morgan fingerprint density at radius 2 is 1.94 bits per heavy atom. The van der Waals surface area contributed by atoms with E-state index in [9.17, 15) is 4.79 Å². The van der Waals surface area contributed by atoms with Crippen LogP contribution in [0.1, 0.15) is 24.7 Å². The molecule has 0 aliphatic carbocycles. The molecular formula is C23H25N5O5. The number of piperazine rings is 1. The summed E-state index contributed by atoms with van der Waals surface area (Å²) >= 11 is 0. The lowest BCUT2D eigenvalue weighted by Gasteiger charge is -2.37. The normalized spacial score (nSPS) is 34.8. The zero-order valence-electron chi connectivity index (χ0n) is 36.2. The highest BCUT2D eigenvalue weighted by molar-refractivity contribution is 5.91. The van der Waals surface area contributed by atoms with Crippen LogP contribution < -0.4 is 29.6 Å². The number of nitrogen functional groups attached to an aromatic ring is 1. The van der Waals surface area contributed by atoms with Gasteiger partial charge in [-0.15, -0.1) is 0 Å². The minimum Gasteiger partial charge on any atom is -0.493 e.